The van der Waals surface area contributed by atoms with Gasteiger partial charge in [-0.15, -0.1) is 23.2 Å². The number of aromatic nitrogens is 4. The largest absolute Gasteiger partial charge is 0.294 e. The van der Waals surface area contributed by atoms with Crippen LogP contribution in [0.1, 0.15) is 53.6 Å². The predicted molar refractivity (Wildman–Crippen MR) is 248 cm³/mol. The first-order valence-electron chi connectivity index (χ1n) is 19.3. The second-order valence-electron chi connectivity index (χ2n) is 14.5. The molecule has 0 saturated carbocycles. The Morgan fingerprint density at radius 3 is 1.48 bits per heavy atom. The molecular weight excluding hydrogens is 871 g/mol. The number of nitrogens with zero attached hydrogens (tertiary/aromatic N) is 6. The van der Waals surface area contributed by atoms with E-state index in [1.54, 1.807) is 56.0 Å². The molecule has 6 aromatic rings. The van der Waals surface area contributed by atoms with Gasteiger partial charge in [0.1, 0.15) is 22.6 Å². The highest BCUT2D eigenvalue weighted by Crippen LogP contribution is 2.29. The summed E-state index contributed by atoms with van der Waals surface area (Å²) in [5.41, 5.74) is 9.88. The summed E-state index contributed by atoms with van der Waals surface area (Å²) < 4.78 is 45.3. The maximum absolute atomic E-state index is 11.7. The first kappa shape index (κ1) is 49.4. The summed E-state index contributed by atoms with van der Waals surface area (Å²) in [4.78, 5) is 22.6. The summed E-state index contributed by atoms with van der Waals surface area (Å²) in [7, 11) is -6.22. The summed E-state index contributed by atoms with van der Waals surface area (Å²) in [6, 6.07) is 34.7. The van der Waals surface area contributed by atoms with Crippen molar-refractivity contribution in [2.45, 2.75) is 74.9 Å². The van der Waals surface area contributed by atoms with Gasteiger partial charge in [-0.25, -0.2) is 36.8 Å². The lowest BCUT2D eigenvalue weighted by atomic mass is 9.99. The van der Waals surface area contributed by atoms with E-state index < -0.39 is 19.7 Å². The number of benzene rings is 4. The van der Waals surface area contributed by atoms with Crippen molar-refractivity contribution in [3.05, 3.63) is 166 Å². The molecule has 0 fully saturated rings. The van der Waals surface area contributed by atoms with Crippen LogP contribution < -0.4 is 0 Å². The minimum atomic E-state index is -3.20. The number of sulfone groups is 2. The lowest BCUT2D eigenvalue weighted by molar-refractivity contribution is 0.243. The van der Waals surface area contributed by atoms with Crippen LogP contribution in [-0.4, -0.2) is 77.0 Å². The SMILES string of the molecule is C.CC(Cl)Cl.CS(=O)(=O)c1ccc(-c2ncnc3c2CN(Cc2ccccc2)CC3)cc1.Cc1ccc(S(C)(=O)=O)cc1.Clc1ncnc2c1CN(Cc1ccccc1)CC2. The Bertz CT molecular complexity index is 2510. The van der Waals surface area contributed by atoms with Gasteiger partial charge in [0.25, 0.3) is 0 Å². The summed E-state index contributed by atoms with van der Waals surface area (Å²) in [5.74, 6) is 0. The van der Waals surface area contributed by atoms with E-state index in [9.17, 15) is 16.8 Å². The van der Waals surface area contributed by atoms with E-state index >= 15 is 0 Å². The second kappa shape index (κ2) is 23.3. The lowest BCUT2D eigenvalue weighted by Gasteiger charge is -2.29. The van der Waals surface area contributed by atoms with Crippen molar-refractivity contribution in [2.24, 2.45) is 0 Å². The Hall–Kier alpha value is -4.27. The van der Waals surface area contributed by atoms with Crippen LogP contribution in [-0.2, 0) is 58.7 Å². The standard InChI is InChI=1S/C21H21N3O2S.C14H14ClN3.C8H10O2S.C2H4Cl2.CH4/c1-27(25,26)18-9-7-17(8-10-18)21-19-14-24(12-11-20(19)22-15-23-21)13-16-5-3-2-4-6-16;15-14-12-9-18(7-6-13(12)16-10-17-14)8-11-4-2-1-3-5-11;1-7-3-5-8(6-4-7)11(2,9)10;1-2(3)4;/h2-10,15H,11-14H2,1H3;1-5,10H,6-9H2;3-6H,1-2H3;2H,1H3;1H4. The third-order valence-corrected chi connectivity index (χ3v) is 12.2. The highest BCUT2D eigenvalue weighted by Gasteiger charge is 2.23. The number of halogens is 3. The van der Waals surface area contributed by atoms with Crippen LogP contribution in [0.15, 0.2) is 132 Å². The Morgan fingerprint density at radius 2 is 1.02 bits per heavy atom. The Labute approximate surface area is 376 Å². The molecule has 4 heterocycles. The maximum Gasteiger partial charge on any atom is 0.175 e. The Kier molecular flexibility index (Phi) is 18.8. The molecule has 0 spiro atoms. The summed E-state index contributed by atoms with van der Waals surface area (Å²) in [6.07, 6.45) is 7.41. The molecule has 15 heteroatoms. The van der Waals surface area contributed by atoms with E-state index in [0.717, 1.165) is 91.4 Å². The highest BCUT2D eigenvalue weighted by molar-refractivity contribution is 7.91. The molecule has 0 atom stereocenters. The molecule has 324 valence electrons. The molecule has 8 rings (SSSR count). The molecule has 0 radical (unpaired) electrons. The van der Waals surface area contributed by atoms with Crippen LogP contribution in [0.2, 0.25) is 5.15 Å². The zero-order chi connectivity index (χ0) is 43.3. The minimum absolute atomic E-state index is 0. The van der Waals surface area contributed by atoms with Gasteiger partial charge in [-0.1, -0.05) is 110 Å². The van der Waals surface area contributed by atoms with Crippen molar-refractivity contribution >= 4 is 54.5 Å². The lowest BCUT2D eigenvalue weighted by Crippen LogP contribution is -2.31. The van der Waals surface area contributed by atoms with E-state index in [0.29, 0.717) is 14.9 Å². The van der Waals surface area contributed by atoms with Crippen molar-refractivity contribution in [1.29, 1.82) is 0 Å². The number of aryl methyl sites for hydroxylation is 1. The molecule has 4 aromatic carbocycles. The fourth-order valence-electron chi connectivity index (χ4n) is 6.61. The molecule has 0 amide bonds. The number of alkyl halides is 2. The van der Waals surface area contributed by atoms with Crippen LogP contribution in [0.4, 0.5) is 0 Å². The van der Waals surface area contributed by atoms with Crippen LogP contribution >= 0.6 is 34.8 Å². The van der Waals surface area contributed by atoms with Gasteiger partial charge in [0, 0.05) is 81.3 Å². The third kappa shape index (κ3) is 15.5. The zero-order valence-corrected chi connectivity index (χ0v) is 37.9. The normalized spacial score (nSPS) is 13.7. The molecule has 2 aromatic heterocycles. The number of hydrogen-bond acceptors (Lipinski definition) is 10. The zero-order valence-electron chi connectivity index (χ0n) is 34.0. The molecule has 61 heavy (non-hydrogen) atoms. The van der Waals surface area contributed by atoms with Gasteiger partial charge < -0.3 is 0 Å². The summed E-state index contributed by atoms with van der Waals surface area (Å²) in [6.45, 7) is 9.07. The second-order valence-corrected chi connectivity index (χ2v) is 20.5. The molecule has 2 aliphatic rings. The first-order valence-corrected chi connectivity index (χ1v) is 24.3. The van der Waals surface area contributed by atoms with Crippen LogP contribution in [0.3, 0.4) is 0 Å². The van der Waals surface area contributed by atoms with E-state index in [1.807, 2.05) is 31.2 Å². The van der Waals surface area contributed by atoms with Crippen LogP contribution in [0.25, 0.3) is 11.3 Å². The molecule has 0 unspecified atom stereocenters. The fraction of sp³-hybridized carbons (Fsp3) is 0.304. The van der Waals surface area contributed by atoms with Crippen LogP contribution in [0, 0.1) is 6.92 Å². The van der Waals surface area contributed by atoms with Crippen LogP contribution in [0.5, 0.6) is 0 Å². The van der Waals surface area contributed by atoms with Gasteiger partial charge in [0.2, 0.25) is 0 Å². The molecule has 0 N–H and O–H groups in total. The average Bonchev–Trinajstić information content (AvgIpc) is 3.22. The van der Waals surface area contributed by atoms with Gasteiger partial charge in [-0.2, -0.15) is 0 Å². The number of rotatable bonds is 7. The monoisotopic (exact) mass is 922 g/mol. The molecule has 0 aliphatic carbocycles. The topological polar surface area (TPSA) is 126 Å². The van der Waals surface area contributed by atoms with E-state index in [-0.39, 0.29) is 12.3 Å². The van der Waals surface area contributed by atoms with Gasteiger partial charge >= 0.3 is 0 Å². The molecule has 2 aliphatic heterocycles. The van der Waals surface area contributed by atoms with Crippen molar-refractivity contribution in [1.82, 2.24) is 29.7 Å². The van der Waals surface area contributed by atoms with Gasteiger partial charge in [0.05, 0.1) is 26.9 Å². The maximum atomic E-state index is 11.7. The number of hydrogen-bond donors (Lipinski definition) is 0. The minimum Gasteiger partial charge on any atom is -0.294 e. The summed E-state index contributed by atoms with van der Waals surface area (Å²) >= 11 is 16.2. The molecular formula is C46H53Cl3N6O4S2. The van der Waals surface area contributed by atoms with Gasteiger partial charge in [-0.05, 0) is 49.2 Å². The van der Waals surface area contributed by atoms with Crippen molar-refractivity contribution in [3.63, 3.8) is 0 Å². The smallest absolute Gasteiger partial charge is 0.175 e. The molecule has 0 saturated heterocycles. The van der Waals surface area contributed by atoms with Gasteiger partial charge in [0.15, 0.2) is 19.7 Å². The first-order chi connectivity index (χ1) is 28.6. The van der Waals surface area contributed by atoms with Crippen molar-refractivity contribution in [2.75, 3.05) is 25.6 Å². The van der Waals surface area contributed by atoms with Crippen molar-refractivity contribution < 1.29 is 16.8 Å². The average molecular weight is 924 g/mol. The van der Waals surface area contributed by atoms with E-state index in [2.05, 4.69) is 78.3 Å². The van der Waals surface area contributed by atoms with E-state index in [1.165, 1.54) is 23.6 Å². The highest BCUT2D eigenvalue weighted by atomic mass is 35.5. The predicted octanol–water partition coefficient (Wildman–Crippen LogP) is 9.64. The summed E-state index contributed by atoms with van der Waals surface area (Å²) in [5, 5.41) is 0.595. The Balaban J connectivity index is 0.000000207. The quantitative estimate of drug-likeness (QED) is 0.113. The van der Waals surface area contributed by atoms with E-state index in [4.69, 9.17) is 34.8 Å². The van der Waals surface area contributed by atoms with Crippen molar-refractivity contribution in [3.8, 4) is 11.3 Å². The third-order valence-electron chi connectivity index (χ3n) is 9.61. The molecule has 10 nitrogen and oxygen atoms in total. The molecule has 0 bridgehead atoms. The Morgan fingerprint density at radius 1 is 0.607 bits per heavy atom. The fourth-order valence-corrected chi connectivity index (χ4v) is 8.08. The number of fused-ring (bicyclic) bond motifs is 2. The van der Waals surface area contributed by atoms with Gasteiger partial charge in [-0.3, -0.25) is 9.80 Å².